The Kier molecular flexibility index (Phi) is 4.34. The van der Waals surface area contributed by atoms with Crippen molar-refractivity contribution in [3.8, 4) is 5.75 Å². The number of anilines is 1. The Labute approximate surface area is 121 Å². The molecular formula is C13H15ClN2O4. The Hall–Kier alpha value is -1.95. The topological polar surface area (TPSA) is 78.9 Å². The molecule has 1 aromatic carbocycles. The first-order chi connectivity index (χ1) is 9.52. The largest absolute Gasteiger partial charge is 0.496 e. The number of carboxylic acid groups (broad SMARTS) is 1. The van der Waals surface area contributed by atoms with E-state index in [4.69, 9.17) is 21.4 Å². The Morgan fingerprint density at radius 3 is 2.55 bits per heavy atom. The molecule has 1 aromatic rings. The van der Waals surface area contributed by atoms with Gasteiger partial charge >= 0.3 is 12.0 Å². The van der Waals surface area contributed by atoms with Crippen LogP contribution in [0.25, 0.3) is 0 Å². The van der Waals surface area contributed by atoms with E-state index in [1.165, 1.54) is 19.2 Å². The van der Waals surface area contributed by atoms with Crippen LogP contribution in [-0.4, -0.2) is 42.2 Å². The average molecular weight is 299 g/mol. The number of likely N-dealkylation sites (tertiary alicyclic amines) is 1. The molecule has 0 aliphatic carbocycles. The summed E-state index contributed by atoms with van der Waals surface area (Å²) in [7, 11) is 1.36. The van der Waals surface area contributed by atoms with E-state index in [2.05, 4.69) is 5.32 Å². The molecule has 108 valence electrons. The predicted octanol–water partition coefficient (Wildman–Crippen LogP) is 2.67. The first-order valence-electron chi connectivity index (χ1n) is 6.19. The van der Waals surface area contributed by atoms with E-state index < -0.39 is 5.97 Å². The van der Waals surface area contributed by atoms with Gasteiger partial charge in [-0.05, 0) is 18.9 Å². The van der Waals surface area contributed by atoms with Gasteiger partial charge in [0, 0.05) is 19.2 Å². The molecule has 2 rings (SSSR count). The van der Waals surface area contributed by atoms with Crippen molar-refractivity contribution in [2.75, 3.05) is 25.5 Å². The number of carbonyl (C=O) groups excluding carboxylic acids is 1. The number of benzene rings is 1. The van der Waals surface area contributed by atoms with Crippen molar-refractivity contribution >= 4 is 29.3 Å². The van der Waals surface area contributed by atoms with Crippen LogP contribution in [0.4, 0.5) is 10.5 Å². The molecule has 2 N–H and O–H groups in total. The number of methoxy groups -OCH3 is 1. The second kappa shape index (κ2) is 6.00. The van der Waals surface area contributed by atoms with E-state index in [1.807, 2.05) is 0 Å². The minimum atomic E-state index is -1.14. The highest BCUT2D eigenvalue weighted by molar-refractivity contribution is 6.34. The summed E-state index contributed by atoms with van der Waals surface area (Å²) in [6, 6.07) is 2.44. The van der Waals surface area contributed by atoms with Gasteiger partial charge in [0.05, 0.1) is 17.8 Å². The molecule has 0 radical (unpaired) electrons. The lowest BCUT2D eigenvalue weighted by atomic mass is 10.2. The summed E-state index contributed by atoms with van der Waals surface area (Å²) in [5.74, 6) is -0.986. The van der Waals surface area contributed by atoms with Crippen LogP contribution in [0.15, 0.2) is 12.1 Å². The van der Waals surface area contributed by atoms with Crippen molar-refractivity contribution in [2.45, 2.75) is 12.8 Å². The van der Waals surface area contributed by atoms with Gasteiger partial charge in [0.1, 0.15) is 11.3 Å². The number of aromatic carboxylic acids is 1. The number of nitrogens with one attached hydrogen (secondary N) is 1. The predicted molar refractivity (Wildman–Crippen MR) is 74.8 cm³/mol. The second-order valence-corrected chi connectivity index (χ2v) is 4.87. The first kappa shape index (κ1) is 14.5. The fourth-order valence-corrected chi connectivity index (χ4v) is 2.31. The Balaban J connectivity index is 2.23. The monoisotopic (exact) mass is 298 g/mol. The molecule has 7 heteroatoms. The number of rotatable bonds is 3. The number of nitrogens with zero attached hydrogens (tertiary/aromatic N) is 1. The maximum atomic E-state index is 12.0. The number of hydrogen-bond donors (Lipinski definition) is 2. The van der Waals surface area contributed by atoms with Crippen LogP contribution in [0.5, 0.6) is 5.75 Å². The minimum Gasteiger partial charge on any atom is -0.496 e. The third-order valence-corrected chi connectivity index (χ3v) is 3.47. The van der Waals surface area contributed by atoms with Crippen molar-refractivity contribution in [2.24, 2.45) is 0 Å². The zero-order valence-corrected chi connectivity index (χ0v) is 11.7. The molecule has 20 heavy (non-hydrogen) atoms. The molecule has 6 nitrogen and oxygen atoms in total. The van der Waals surface area contributed by atoms with E-state index in [0.29, 0.717) is 18.8 Å². The quantitative estimate of drug-likeness (QED) is 0.899. The molecule has 1 saturated heterocycles. The molecule has 1 fully saturated rings. The molecule has 0 unspecified atom stereocenters. The summed E-state index contributed by atoms with van der Waals surface area (Å²) in [5.41, 5.74) is 0.294. The first-order valence-corrected chi connectivity index (χ1v) is 6.57. The van der Waals surface area contributed by atoms with Crippen LogP contribution >= 0.6 is 11.6 Å². The molecule has 1 heterocycles. The molecule has 1 aliphatic rings. The van der Waals surface area contributed by atoms with Crippen LogP contribution in [-0.2, 0) is 0 Å². The Morgan fingerprint density at radius 1 is 1.35 bits per heavy atom. The van der Waals surface area contributed by atoms with Gasteiger partial charge in [0.2, 0.25) is 0 Å². The van der Waals surface area contributed by atoms with Gasteiger partial charge in [-0.2, -0.15) is 0 Å². The maximum absolute atomic E-state index is 12.0. The highest BCUT2D eigenvalue weighted by atomic mass is 35.5. The van der Waals surface area contributed by atoms with E-state index in [9.17, 15) is 9.59 Å². The van der Waals surface area contributed by atoms with Crippen molar-refractivity contribution in [1.29, 1.82) is 0 Å². The van der Waals surface area contributed by atoms with E-state index in [0.717, 1.165) is 12.8 Å². The van der Waals surface area contributed by atoms with Gasteiger partial charge < -0.3 is 20.1 Å². The summed E-state index contributed by atoms with van der Waals surface area (Å²) in [5, 5.41) is 11.9. The number of hydrogen-bond acceptors (Lipinski definition) is 3. The van der Waals surface area contributed by atoms with Crippen molar-refractivity contribution < 1.29 is 19.4 Å². The lowest BCUT2D eigenvalue weighted by Gasteiger charge is -2.17. The number of amides is 2. The van der Waals surface area contributed by atoms with Crippen molar-refractivity contribution in [3.05, 3.63) is 22.7 Å². The van der Waals surface area contributed by atoms with Crippen molar-refractivity contribution in [1.82, 2.24) is 4.90 Å². The average Bonchev–Trinajstić information content (AvgIpc) is 2.94. The normalized spacial score (nSPS) is 14.2. The molecule has 0 saturated carbocycles. The summed E-state index contributed by atoms with van der Waals surface area (Å²) < 4.78 is 5.00. The Morgan fingerprint density at radius 2 is 2.00 bits per heavy atom. The molecule has 2 amide bonds. The molecule has 0 spiro atoms. The van der Waals surface area contributed by atoms with Gasteiger partial charge in [-0.15, -0.1) is 0 Å². The standard InChI is InChI=1S/C13H15ClN2O4/c1-20-11-7-10(9(14)6-8(11)12(17)18)15-13(19)16-4-2-3-5-16/h6-7H,2-5H2,1H3,(H,15,19)(H,17,18). The number of halogens is 1. The van der Waals surface area contributed by atoms with Gasteiger partial charge in [-0.3, -0.25) is 0 Å². The fraction of sp³-hybridized carbons (Fsp3) is 0.385. The molecule has 0 bridgehead atoms. The molecule has 0 aromatic heterocycles. The lowest BCUT2D eigenvalue weighted by molar-refractivity contribution is 0.0693. The molecule has 0 atom stereocenters. The van der Waals surface area contributed by atoms with Crippen LogP contribution in [0.2, 0.25) is 5.02 Å². The van der Waals surface area contributed by atoms with E-state index >= 15 is 0 Å². The van der Waals surface area contributed by atoms with Crippen molar-refractivity contribution in [3.63, 3.8) is 0 Å². The lowest BCUT2D eigenvalue weighted by Crippen LogP contribution is -2.32. The highest BCUT2D eigenvalue weighted by Gasteiger charge is 2.20. The van der Waals surface area contributed by atoms with Gasteiger partial charge in [-0.1, -0.05) is 11.6 Å². The maximum Gasteiger partial charge on any atom is 0.339 e. The van der Waals surface area contributed by atoms with Crippen LogP contribution in [0, 0.1) is 0 Å². The zero-order chi connectivity index (χ0) is 14.7. The number of ether oxygens (including phenoxy) is 1. The third-order valence-electron chi connectivity index (χ3n) is 3.15. The number of carbonyl (C=O) groups is 2. The summed E-state index contributed by atoms with van der Waals surface area (Å²) in [6.07, 6.45) is 1.98. The number of carboxylic acids is 1. The van der Waals surface area contributed by atoms with Gasteiger partial charge in [0.25, 0.3) is 0 Å². The summed E-state index contributed by atoms with van der Waals surface area (Å²) in [4.78, 5) is 24.7. The second-order valence-electron chi connectivity index (χ2n) is 4.46. The van der Waals surface area contributed by atoms with Crippen LogP contribution < -0.4 is 10.1 Å². The molecule has 1 aliphatic heterocycles. The third kappa shape index (κ3) is 2.96. The van der Waals surface area contributed by atoms with E-state index in [-0.39, 0.29) is 22.4 Å². The van der Waals surface area contributed by atoms with Gasteiger partial charge in [0.15, 0.2) is 0 Å². The Bertz CT molecular complexity index is 541. The minimum absolute atomic E-state index is 0.0447. The smallest absolute Gasteiger partial charge is 0.339 e. The SMILES string of the molecule is COc1cc(NC(=O)N2CCCC2)c(Cl)cc1C(=O)O. The summed E-state index contributed by atoms with van der Waals surface area (Å²) >= 11 is 6.00. The fourth-order valence-electron chi connectivity index (χ4n) is 2.10. The summed E-state index contributed by atoms with van der Waals surface area (Å²) in [6.45, 7) is 1.43. The molecular weight excluding hydrogens is 284 g/mol. The van der Waals surface area contributed by atoms with Crippen LogP contribution in [0.3, 0.4) is 0 Å². The zero-order valence-electron chi connectivity index (χ0n) is 11.0. The highest BCUT2D eigenvalue weighted by Crippen LogP contribution is 2.31. The van der Waals surface area contributed by atoms with Crippen LogP contribution in [0.1, 0.15) is 23.2 Å². The van der Waals surface area contributed by atoms with E-state index in [1.54, 1.807) is 4.90 Å². The number of urea groups is 1. The van der Waals surface area contributed by atoms with Gasteiger partial charge in [-0.25, -0.2) is 9.59 Å².